The second kappa shape index (κ2) is 6.10. The van der Waals surface area contributed by atoms with Gasteiger partial charge in [-0.25, -0.2) is 0 Å². The molecule has 0 saturated carbocycles. The fourth-order valence-electron chi connectivity index (χ4n) is 2.20. The lowest BCUT2D eigenvalue weighted by molar-refractivity contribution is -0.114. The van der Waals surface area contributed by atoms with Crippen molar-refractivity contribution < 1.29 is 14.4 Å². The molecule has 6 nitrogen and oxygen atoms in total. The third kappa shape index (κ3) is 3.32. The van der Waals surface area contributed by atoms with Gasteiger partial charge >= 0.3 is 0 Å². The lowest BCUT2D eigenvalue weighted by Gasteiger charge is -2.08. The summed E-state index contributed by atoms with van der Waals surface area (Å²) < 4.78 is 0. The van der Waals surface area contributed by atoms with Gasteiger partial charge in [-0.05, 0) is 42.5 Å². The van der Waals surface area contributed by atoms with E-state index in [2.05, 4.69) is 16.0 Å². The molecular weight excluding hydrogens is 318 g/mol. The van der Waals surface area contributed by atoms with E-state index in [-0.39, 0.29) is 18.0 Å². The Morgan fingerprint density at radius 3 is 2.35 bits per heavy atom. The predicted octanol–water partition coefficient (Wildman–Crippen LogP) is 2.27. The first-order valence-corrected chi connectivity index (χ1v) is 7.20. The monoisotopic (exact) mass is 329 g/mol. The molecule has 1 aliphatic rings. The van der Waals surface area contributed by atoms with Crippen LogP contribution in [0.1, 0.15) is 20.7 Å². The van der Waals surface area contributed by atoms with Crippen LogP contribution in [0.4, 0.5) is 11.4 Å². The molecule has 2 aromatic rings. The number of hydrogen-bond donors (Lipinski definition) is 3. The average molecular weight is 330 g/mol. The summed E-state index contributed by atoms with van der Waals surface area (Å²) in [5, 5.41) is 8.44. The first-order valence-electron chi connectivity index (χ1n) is 6.82. The Bertz CT molecular complexity index is 803. The zero-order chi connectivity index (χ0) is 16.4. The minimum Gasteiger partial charge on any atom is -0.376 e. The average Bonchev–Trinajstić information content (AvgIpc) is 2.81. The summed E-state index contributed by atoms with van der Waals surface area (Å²) >= 11 is 5.79. The number of fused-ring (bicyclic) bond motifs is 1. The van der Waals surface area contributed by atoms with Crippen LogP contribution in [-0.4, -0.2) is 24.3 Å². The molecule has 0 aromatic heterocycles. The maximum Gasteiger partial charge on any atom is 0.259 e. The Morgan fingerprint density at radius 2 is 1.61 bits per heavy atom. The summed E-state index contributed by atoms with van der Waals surface area (Å²) in [4.78, 5) is 35.0. The van der Waals surface area contributed by atoms with E-state index in [4.69, 9.17) is 11.6 Å². The normalized spacial score (nSPS) is 12.6. The molecule has 3 N–H and O–H groups in total. The molecule has 1 heterocycles. The summed E-state index contributed by atoms with van der Waals surface area (Å²) in [5.74, 6) is -1.16. The second-order valence-corrected chi connectivity index (χ2v) is 5.39. The molecule has 0 bridgehead atoms. The molecule has 7 heteroatoms. The van der Waals surface area contributed by atoms with Crippen molar-refractivity contribution in [3.05, 3.63) is 58.6 Å². The van der Waals surface area contributed by atoms with Gasteiger partial charge in [0.05, 0.1) is 17.7 Å². The van der Waals surface area contributed by atoms with Crippen LogP contribution >= 0.6 is 11.6 Å². The minimum absolute atomic E-state index is 0.0594. The van der Waals surface area contributed by atoms with Crippen molar-refractivity contribution in [3.63, 3.8) is 0 Å². The fourth-order valence-corrected chi connectivity index (χ4v) is 2.33. The Morgan fingerprint density at radius 1 is 0.957 bits per heavy atom. The number of rotatable bonds is 4. The van der Waals surface area contributed by atoms with Gasteiger partial charge in [-0.15, -0.1) is 0 Å². The molecular formula is C16H12ClN3O3. The minimum atomic E-state index is -0.458. The maximum atomic E-state index is 11.9. The van der Waals surface area contributed by atoms with E-state index in [0.29, 0.717) is 16.3 Å². The number of amides is 3. The molecule has 0 radical (unpaired) electrons. The number of anilines is 2. The van der Waals surface area contributed by atoms with E-state index in [1.807, 2.05) is 0 Å². The fraction of sp³-hybridized carbons (Fsp3) is 0.0625. The highest BCUT2D eigenvalue weighted by Crippen LogP contribution is 2.20. The van der Waals surface area contributed by atoms with Crippen LogP contribution in [0.3, 0.4) is 0 Å². The predicted molar refractivity (Wildman–Crippen MR) is 86.8 cm³/mol. The van der Waals surface area contributed by atoms with Crippen molar-refractivity contribution in [3.8, 4) is 0 Å². The van der Waals surface area contributed by atoms with Crippen LogP contribution in [0.25, 0.3) is 0 Å². The van der Waals surface area contributed by atoms with E-state index < -0.39 is 11.8 Å². The molecule has 0 fully saturated rings. The van der Waals surface area contributed by atoms with Gasteiger partial charge in [0.15, 0.2) is 0 Å². The summed E-state index contributed by atoms with van der Waals surface area (Å²) in [7, 11) is 0. The third-order valence-electron chi connectivity index (χ3n) is 3.32. The first-order chi connectivity index (χ1) is 11.0. The second-order valence-electron chi connectivity index (χ2n) is 4.95. The van der Waals surface area contributed by atoms with Crippen LogP contribution in [0.2, 0.25) is 5.02 Å². The number of halogens is 1. The van der Waals surface area contributed by atoms with Gasteiger partial charge in [-0.2, -0.15) is 0 Å². The van der Waals surface area contributed by atoms with Crippen molar-refractivity contribution in [1.29, 1.82) is 0 Å². The highest BCUT2D eigenvalue weighted by atomic mass is 35.5. The summed E-state index contributed by atoms with van der Waals surface area (Å²) in [6.07, 6.45) is 0. The molecule has 0 unspecified atom stereocenters. The molecule has 3 amide bonds. The van der Waals surface area contributed by atoms with Gasteiger partial charge in [-0.3, -0.25) is 19.7 Å². The van der Waals surface area contributed by atoms with Gasteiger partial charge in [0.2, 0.25) is 5.91 Å². The number of benzene rings is 2. The molecule has 0 saturated heterocycles. The van der Waals surface area contributed by atoms with Crippen molar-refractivity contribution in [2.75, 3.05) is 17.2 Å². The Kier molecular flexibility index (Phi) is 3.99. The largest absolute Gasteiger partial charge is 0.376 e. The summed E-state index contributed by atoms with van der Waals surface area (Å²) in [6.45, 7) is 0.0594. The molecule has 3 rings (SSSR count). The van der Waals surface area contributed by atoms with Crippen LogP contribution in [0.5, 0.6) is 0 Å². The van der Waals surface area contributed by atoms with E-state index in [1.165, 1.54) is 12.1 Å². The molecule has 1 aliphatic heterocycles. The highest BCUT2D eigenvalue weighted by Gasteiger charge is 2.26. The van der Waals surface area contributed by atoms with Crippen LogP contribution in [-0.2, 0) is 4.79 Å². The molecule has 116 valence electrons. The molecule has 0 spiro atoms. The third-order valence-corrected chi connectivity index (χ3v) is 3.57. The molecule has 0 aliphatic carbocycles. The Balaban J connectivity index is 1.62. The standard InChI is InChI=1S/C16H12ClN3O3/c17-9-1-3-10(4-2-9)18-8-14(21)19-11-5-6-12-13(7-11)16(23)20-15(12)22/h1-7,18H,8H2,(H,19,21)(H,20,22,23). The smallest absolute Gasteiger partial charge is 0.259 e. The molecule has 0 atom stereocenters. The Hall–Kier alpha value is -2.86. The van der Waals surface area contributed by atoms with Crippen molar-refractivity contribution >= 4 is 40.7 Å². The maximum absolute atomic E-state index is 11.9. The summed E-state index contributed by atoms with van der Waals surface area (Å²) in [5.41, 5.74) is 1.80. The van der Waals surface area contributed by atoms with Gasteiger partial charge in [-0.1, -0.05) is 11.6 Å². The number of hydrogen-bond acceptors (Lipinski definition) is 4. The van der Waals surface area contributed by atoms with Crippen molar-refractivity contribution in [2.45, 2.75) is 0 Å². The number of nitrogens with one attached hydrogen (secondary N) is 3. The van der Waals surface area contributed by atoms with Crippen molar-refractivity contribution in [1.82, 2.24) is 5.32 Å². The SMILES string of the molecule is O=C(CNc1ccc(Cl)cc1)Nc1ccc2c(c1)C(=O)NC2=O. The zero-order valence-corrected chi connectivity index (χ0v) is 12.6. The Labute approximate surface area is 136 Å². The lowest BCUT2D eigenvalue weighted by Crippen LogP contribution is -2.22. The van der Waals surface area contributed by atoms with Gasteiger partial charge in [0, 0.05) is 16.4 Å². The zero-order valence-electron chi connectivity index (χ0n) is 11.9. The summed E-state index contributed by atoms with van der Waals surface area (Å²) in [6, 6.07) is 11.5. The van der Waals surface area contributed by atoms with E-state index in [1.54, 1.807) is 30.3 Å². The number of carbonyl (C=O) groups excluding carboxylic acids is 3. The van der Waals surface area contributed by atoms with E-state index in [0.717, 1.165) is 5.69 Å². The number of imide groups is 1. The van der Waals surface area contributed by atoms with Crippen LogP contribution < -0.4 is 16.0 Å². The molecule has 23 heavy (non-hydrogen) atoms. The quantitative estimate of drug-likeness (QED) is 0.751. The van der Waals surface area contributed by atoms with E-state index >= 15 is 0 Å². The lowest BCUT2D eigenvalue weighted by atomic mass is 10.1. The van der Waals surface area contributed by atoms with Crippen LogP contribution in [0, 0.1) is 0 Å². The van der Waals surface area contributed by atoms with Gasteiger partial charge in [0.25, 0.3) is 11.8 Å². The highest BCUT2D eigenvalue weighted by molar-refractivity contribution is 6.30. The van der Waals surface area contributed by atoms with Gasteiger partial charge in [0.1, 0.15) is 0 Å². The molecule has 2 aromatic carbocycles. The number of carbonyl (C=O) groups is 3. The van der Waals surface area contributed by atoms with Gasteiger partial charge < -0.3 is 10.6 Å². The van der Waals surface area contributed by atoms with Crippen molar-refractivity contribution in [2.24, 2.45) is 0 Å². The topological polar surface area (TPSA) is 87.3 Å². The first kappa shape index (κ1) is 15.1. The van der Waals surface area contributed by atoms with Crippen LogP contribution in [0.15, 0.2) is 42.5 Å². The van der Waals surface area contributed by atoms with E-state index in [9.17, 15) is 14.4 Å².